The van der Waals surface area contributed by atoms with Crippen LogP contribution < -0.4 is 5.32 Å². The van der Waals surface area contributed by atoms with Gasteiger partial charge in [-0.1, -0.05) is 0 Å². The summed E-state index contributed by atoms with van der Waals surface area (Å²) in [5, 5.41) is 3.30. The fourth-order valence-electron chi connectivity index (χ4n) is 2.39. The Morgan fingerprint density at radius 2 is 2.00 bits per heavy atom. The van der Waals surface area contributed by atoms with Crippen LogP contribution >= 0.6 is 0 Å². The van der Waals surface area contributed by atoms with E-state index in [1.807, 2.05) is 0 Å². The van der Waals surface area contributed by atoms with Gasteiger partial charge >= 0.3 is 6.18 Å². The van der Waals surface area contributed by atoms with Gasteiger partial charge in [0.15, 0.2) is 0 Å². The molecule has 1 N–H and O–H groups in total. The fourth-order valence-corrected chi connectivity index (χ4v) is 2.39. The Kier molecular flexibility index (Phi) is 4.99. The van der Waals surface area contributed by atoms with E-state index < -0.39 is 11.7 Å². The number of alkyl halides is 3. The summed E-state index contributed by atoms with van der Waals surface area (Å²) >= 11 is 0. The molecule has 2 rings (SSSR count). The van der Waals surface area contributed by atoms with Gasteiger partial charge in [0.25, 0.3) is 0 Å². The minimum Gasteiger partial charge on any atom is -0.307 e. The molecule has 1 aliphatic rings. The quantitative estimate of drug-likeness (QED) is 0.902. The first-order valence-corrected chi connectivity index (χ1v) is 6.93. The number of rotatable bonds is 5. The van der Waals surface area contributed by atoms with Crippen LogP contribution in [0.25, 0.3) is 0 Å². The Bertz CT molecular complexity index is 411. The molecule has 20 heavy (non-hydrogen) atoms. The number of hydrogen-bond donors (Lipinski definition) is 1. The first-order chi connectivity index (χ1) is 9.45. The third-order valence-corrected chi connectivity index (χ3v) is 3.51. The lowest BCUT2D eigenvalue weighted by molar-refractivity contribution is -0.137. The standard InChI is InChI=1S/C14H20F3N3/c1-11(10-20-6-2-3-7-20)18-9-13-5-4-12(8-19-13)14(15,16)17/h4-5,8,11,18H,2-3,6-7,9-10H2,1H3. The average Bonchev–Trinajstić information content (AvgIpc) is 2.88. The van der Waals surface area contributed by atoms with Crippen molar-refractivity contribution in [1.29, 1.82) is 0 Å². The zero-order valence-electron chi connectivity index (χ0n) is 11.6. The number of nitrogens with zero attached hydrogens (tertiary/aromatic N) is 2. The van der Waals surface area contributed by atoms with E-state index in [9.17, 15) is 13.2 Å². The topological polar surface area (TPSA) is 28.2 Å². The largest absolute Gasteiger partial charge is 0.417 e. The molecule has 3 nitrogen and oxygen atoms in total. The van der Waals surface area contributed by atoms with Crippen molar-refractivity contribution in [2.24, 2.45) is 0 Å². The van der Waals surface area contributed by atoms with Gasteiger partial charge in [0.2, 0.25) is 0 Å². The zero-order valence-corrected chi connectivity index (χ0v) is 11.6. The van der Waals surface area contributed by atoms with Crippen LogP contribution in [-0.4, -0.2) is 35.6 Å². The van der Waals surface area contributed by atoms with Crippen molar-refractivity contribution < 1.29 is 13.2 Å². The smallest absolute Gasteiger partial charge is 0.307 e. The van der Waals surface area contributed by atoms with Crippen molar-refractivity contribution >= 4 is 0 Å². The molecule has 0 aromatic carbocycles. The molecule has 1 aromatic heterocycles. The lowest BCUT2D eigenvalue weighted by Crippen LogP contribution is -2.37. The van der Waals surface area contributed by atoms with Crippen molar-refractivity contribution in [3.05, 3.63) is 29.6 Å². The molecule has 1 saturated heterocycles. The van der Waals surface area contributed by atoms with Crippen LogP contribution in [0.15, 0.2) is 18.3 Å². The Balaban J connectivity index is 1.78. The maximum absolute atomic E-state index is 12.4. The summed E-state index contributed by atoms with van der Waals surface area (Å²) in [6.45, 7) is 5.84. The molecule has 0 saturated carbocycles. The predicted molar refractivity (Wildman–Crippen MR) is 71.2 cm³/mol. The second kappa shape index (κ2) is 6.54. The number of nitrogens with one attached hydrogen (secondary N) is 1. The fraction of sp³-hybridized carbons (Fsp3) is 0.643. The van der Waals surface area contributed by atoms with Crippen LogP contribution in [0.5, 0.6) is 0 Å². The summed E-state index contributed by atoms with van der Waals surface area (Å²) in [4.78, 5) is 6.25. The molecule has 0 aliphatic carbocycles. The Morgan fingerprint density at radius 3 is 2.55 bits per heavy atom. The van der Waals surface area contributed by atoms with E-state index in [0.29, 0.717) is 18.3 Å². The van der Waals surface area contributed by atoms with Gasteiger partial charge in [-0.25, -0.2) is 0 Å². The molecular formula is C14H20F3N3. The minimum absolute atomic E-state index is 0.303. The van der Waals surface area contributed by atoms with Crippen LogP contribution in [-0.2, 0) is 12.7 Å². The number of aromatic nitrogens is 1. The second-order valence-corrected chi connectivity index (χ2v) is 5.33. The Hall–Kier alpha value is -1.14. The molecule has 1 aliphatic heterocycles. The summed E-state index contributed by atoms with van der Waals surface area (Å²) in [6.07, 6.45) is -0.912. The van der Waals surface area contributed by atoms with Gasteiger partial charge in [-0.3, -0.25) is 4.98 Å². The van der Waals surface area contributed by atoms with E-state index in [1.54, 1.807) is 0 Å². The van der Waals surface area contributed by atoms with Gasteiger partial charge in [0.05, 0.1) is 11.3 Å². The number of likely N-dealkylation sites (tertiary alicyclic amines) is 1. The predicted octanol–water partition coefficient (Wildman–Crippen LogP) is 2.67. The first-order valence-electron chi connectivity index (χ1n) is 6.93. The van der Waals surface area contributed by atoms with Gasteiger partial charge in [-0.15, -0.1) is 0 Å². The normalized spacial score (nSPS) is 18.4. The average molecular weight is 287 g/mol. The van der Waals surface area contributed by atoms with Crippen molar-refractivity contribution in [3.63, 3.8) is 0 Å². The van der Waals surface area contributed by atoms with Crippen molar-refractivity contribution in [1.82, 2.24) is 15.2 Å². The van der Waals surface area contributed by atoms with E-state index in [4.69, 9.17) is 0 Å². The molecule has 1 aromatic rings. The molecule has 1 atom stereocenters. The lowest BCUT2D eigenvalue weighted by atomic mass is 10.2. The highest BCUT2D eigenvalue weighted by molar-refractivity contribution is 5.16. The van der Waals surface area contributed by atoms with E-state index in [-0.39, 0.29) is 0 Å². The molecule has 0 spiro atoms. The second-order valence-electron chi connectivity index (χ2n) is 5.33. The molecule has 2 heterocycles. The van der Waals surface area contributed by atoms with Gasteiger partial charge in [0, 0.05) is 25.3 Å². The van der Waals surface area contributed by atoms with E-state index in [2.05, 4.69) is 22.1 Å². The summed E-state index contributed by atoms with van der Waals surface area (Å²) in [7, 11) is 0. The summed E-state index contributed by atoms with van der Waals surface area (Å²) < 4.78 is 37.2. The third kappa shape index (κ3) is 4.45. The Morgan fingerprint density at radius 1 is 1.30 bits per heavy atom. The zero-order chi connectivity index (χ0) is 14.6. The van der Waals surface area contributed by atoms with Crippen LogP contribution in [0.1, 0.15) is 31.0 Å². The van der Waals surface area contributed by atoms with E-state index in [0.717, 1.165) is 31.9 Å². The van der Waals surface area contributed by atoms with Crippen LogP contribution in [0.4, 0.5) is 13.2 Å². The third-order valence-electron chi connectivity index (χ3n) is 3.51. The van der Waals surface area contributed by atoms with Crippen molar-refractivity contribution in [2.45, 2.75) is 38.5 Å². The highest BCUT2D eigenvalue weighted by Crippen LogP contribution is 2.28. The Labute approximate surface area is 117 Å². The van der Waals surface area contributed by atoms with Crippen LogP contribution in [0.2, 0.25) is 0 Å². The highest BCUT2D eigenvalue weighted by Gasteiger charge is 2.30. The molecule has 1 unspecified atom stereocenters. The van der Waals surface area contributed by atoms with Crippen LogP contribution in [0.3, 0.4) is 0 Å². The van der Waals surface area contributed by atoms with Gasteiger partial charge in [-0.2, -0.15) is 13.2 Å². The SMILES string of the molecule is CC(CN1CCCC1)NCc1ccc(C(F)(F)F)cn1. The van der Waals surface area contributed by atoms with E-state index >= 15 is 0 Å². The lowest BCUT2D eigenvalue weighted by Gasteiger charge is -2.21. The summed E-state index contributed by atoms with van der Waals surface area (Å²) in [5.74, 6) is 0. The summed E-state index contributed by atoms with van der Waals surface area (Å²) in [5.41, 5.74) is -0.0716. The van der Waals surface area contributed by atoms with Crippen molar-refractivity contribution in [3.8, 4) is 0 Å². The number of halogens is 3. The highest BCUT2D eigenvalue weighted by atomic mass is 19.4. The molecule has 112 valence electrons. The minimum atomic E-state index is -4.32. The monoisotopic (exact) mass is 287 g/mol. The molecule has 1 fully saturated rings. The first kappa shape index (κ1) is 15.3. The van der Waals surface area contributed by atoms with Crippen LogP contribution in [0, 0.1) is 0 Å². The van der Waals surface area contributed by atoms with Gasteiger partial charge < -0.3 is 10.2 Å². The number of pyridine rings is 1. The van der Waals surface area contributed by atoms with Gasteiger partial charge in [-0.05, 0) is 45.0 Å². The molecular weight excluding hydrogens is 267 g/mol. The molecule has 0 bridgehead atoms. The molecule has 0 amide bonds. The summed E-state index contributed by atoms with van der Waals surface area (Å²) in [6, 6.07) is 2.81. The van der Waals surface area contributed by atoms with Gasteiger partial charge in [0.1, 0.15) is 0 Å². The maximum atomic E-state index is 12.4. The molecule has 6 heteroatoms. The number of hydrogen-bond acceptors (Lipinski definition) is 3. The van der Waals surface area contributed by atoms with Crippen molar-refractivity contribution in [2.75, 3.05) is 19.6 Å². The van der Waals surface area contributed by atoms with E-state index in [1.165, 1.54) is 18.9 Å². The molecule has 0 radical (unpaired) electrons. The maximum Gasteiger partial charge on any atom is 0.417 e.